The molecule has 0 bridgehead atoms. The summed E-state index contributed by atoms with van der Waals surface area (Å²) in [5.41, 5.74) is -0.436. The maximum atomic E-state index is 12.2. The Morgan fingerprint density at radius 2 is 1.81 bits per heavy atom. The second-order valence-corrected chi connectivity index (χ2v) is 2.82. The molecule has 84 valence electrons. The molecule has 0 heterocycles. The predicted molar refractivity (Wildman–Crippen MR) is 50.3 cm³/mol. The first-order chi connectivity index (χ1) is 7.43. The van der Waals surface area contributed by atoms with Crippen LogP contribution in [0.4, 0.5) is 13.2 Å². The average Bonchev–Trinajstić information content (AvgIpc) is 2.25. The van der Waals surface area contributed by atoms with Crippen molar-refractivity contribution in [2.75, 3.05) is 7.11 Å². The van der Waals surface area contributed by atoms with Crippen LogP contribution in [0.1, 0.15) is 11.1 Å². The SMILES string of the molecule is COC(=O)C#Cc1ccc(C(F)(F)F)cc1. The molecule has 16 heavy (non-hydrogen) atoms. The van der Waals surface area contributed by atoms with E-state index >= 15 is 0 Å². The van der Waals surface area contributed by atoms with E-state index in [-0.39, 0.29) is 0 Å². The highest BCUT2D eigenvalue weighted by Gasteiger charge is 2.29. The Hall–Kier alpha value is -1.96. The standard InChI is InChI=1S/C11H7F3O2/c1-16-10(15)7-4-8-2-5-9(6-3-8)11(12,13)14/h2-3,5-6H,1H3. The van der Waals surface area contributed by atoms with Gasteiger partial charge in [0.05, 0.1) is 12.7 Å². The van der Waals surface area contributed by atoms with Crippen LogP contribution in [0.5, 0.6) is 0 Å². The monoisotopic (exact) mass is 228 g/mol. The lowest BCUT2D eigenvalue weighted by Crippen LogP contribution is -2.04. The smallest absolute Gasteiger partial charge is 0.416 e. The molecule has 0 amide bonds. The second-order valence-electron chi connectivity index (χ2n) is 2.82. The molecule has 1 rings (SSSR count). The van der Waals surface area contributed by atoms with Gasteiger partial charge in [-0.05, 0) is 24.3 Å². The maximum Gasteiger partial charge on any atom is 0.416 e. The van der Waals surface area contributed by atoms with Gasteiger partial charge in [-0.25, -0.2) is 4.79 Å². The maximum absolute atomic E-state index is 12.2. The summed E-state index contributed by atoms with van der Waals surface area (Å²) in [4.78, 5) is 10.6. The zero-order chi connectivity index (χ0) is 12.2. The molecule has 0 saturated heterocycles. The molecule has 0 aliphatic rings. The summed E-state index contributed by atoms with van der Waals surface area (Å²) in [6, 6.07) is 4.19. The third kappa shape index (κ3) is 3.31. The summed E-state index contributed by atoms with van der Waals surface area (Å²) in [5, 5.41) is 0. The van der Waals surface area contributed by atoms with E-state index in [1.807, 2.05) is 0 Å². The van der Waals surface area contributed by atoms with Crippen LogP contribution in [0.15, 0.2) is 24.3 Å². The summed E-state index contributed by atoms with van der Waals surface area (Å²) in [6.07, 6.45) is -4.37. The minimum atomic E-state index is -4.37. The van der Waals surface area contributed by atoms with Gasteiger partial charge in [-0.2, -0.15) is 13.2 Å². The lowest BCUT2D eigenvalue weighted by atomic mass is 10.1. The number of methoxy groups -OCH3 is 1. The van der Waals surface area contributed by atoms with Crippen molar-refractivity contribution < 1.29 is 22.7 Å². The van der Waals surface area contributed by atoms with Crippen LogP contribution >= 0.6 is 0 Å². The van der Waals surface area contributed by atoms with Crippen molar-refractivity contribution in [2.45, 2.75) is 6.18 Å². The second kappa shape index (κ2) is 4.71. The molecule has 5 heteroatoms. The summed E-state index contributed by atoms with van der Waals surface area (Å²) in [7, 11) is 1.17. The number of halogens is 3. The highest BCUT2D eigenvalue weighted by molar-refractivity contribution is 5.88. The van der Waals surface area contributed by atoms with Crippen LogP contribution in [-0.4, -0.2) is 13.1 Å². The molecule has 0 radical (unpaired) electrons. The third-order valence-electron chi connectivity index (χ3n) is 1.71. The molecule has 0 fully saturated rings. The fourth-order valence-corrected chi connectivity index (χ4v) is 0.917. The fourth-order valence-electron chi connectivity index (χ4n) is 0.917. The zero-order valence-electron chi connectivity index (χ0n) is 8.26. The van der Waals surface area contributed by atoms with Crippen molar-refractivity contribution >= 4 is 5.97 Å². The minimum absolute atomic E-state index is 0.318. The van der Waals surface area contributed by atoms with E-state index in [1.54, 1.807) is 0 Å². The number of hydrogen-bond acceptors (Lipinski definition) is 2. The molecule has 0 atom stereocenters. The number of rotatable bonds is 0. The van der Waals surface area contributed by atoms with Crippen molar-refractivity contribution in [2.24, 2.45) is 0 Å². The van der Waals surface area contributed by atoms with Gasteiger partial charge in [0.2, 0.25) is 0 Å². The molecule has 0 unspecified atom stereocenters. The van der Waals surface area contributed by atoms with Crippen LogP contribution in [0.2, 0.25) is 0 Å². The Bertz CT molecular complexity index is 435. The molecule has 0 saturated carbocycles. The molecule has 0 spiro atoms. The van der Waals surface area contributed by atoms with Crippen LogP contribution in [0.25, 0.3) is 0 Å². The molecular formula is C11H7F3O2. The van der Waals surface area contributed by atoms with E-state index in [2.05, 4.69) is 16.6 Å². The van der Waals surface area contributed by atoms with Crippen molar-refractivity contribution in [3.63, 3.8) is 0 Å². The van der Waals surface area contributed by atoms with Crippen LogP contribution in [0.3, 0.4) is 0 Å². The minimum Gasteiger partial charge on any atom is -0.459 e. The Balaban J connectivity index is 2.87. The summed E-state index contributed by atoms with van der Waals surface area (Å²) in [6.45, 7) is 0. The van der Waals surface area contributed by atoms with Gasteiger partial charge < -0.3 is 4.74 Å². The van der Waals surface area contributed by atoms with Crippen LogP contribution < -0.4 is 0 Å². The lowest BCUT2D eigenvalue weighted by molar-refractivity contribution is -0.137. The first kappa shape index (κ1) is 12.1. The number of esters is 1. The van der Waals surface area contributed by atoms with Gasteiger partial charge in [-0.1, -0.05) is 5.92 Å². The van der Waals surface area contributed by atoms with Gasteiger partial charge in [0.15, 0.2) is 0 Å². The highest BCUT2D eigenvalue weighted by Crippen LogP contribution is 2.28. The molecule has 2 nitrogen and oxygen atoms in total. The Labute approximate surface area is 90.0 Å². The number of alkyl halides is 3. The van der Waals surface area contributed by atoms with Crippen LogP contribution in [-0.2, 0) is 15.7 Å². The van der Waals surface area contributed by atoms with E-state index in [1.165, 1.54) is 19.2 Å². The van der Waals surface area contributed by atoms with Gasteiger partial charge >= 0.3 is 12.1 Å². The van der Waals surface area contributed by atoms with Gasteiger partial charge in [-0.15, -0.1) is 0 Å². The summed E-state index contributed by atoms with van der Waals surface area (Å²) >= 11 is 0. The first-order valence-corrected chi connectivity index (χ1v) is 4.20. The molecule has 1 aromatic carbocycles. The largest absolute Gasteiger partial charge is 0.459 e. The van der Waals surface area contributed by atoms with E-state index in [9.17, 15) is 18.0 Å². The van der Waals surface area contributed by atoms with E-state index in [0.717, 1.165) is 12.1 Å². The van der Waals surface area contributed by atoms with Crippen molar-refractivity contribution in [3.8, 4) is 11.8 Å². The van der Waals surface area contributed by atoms with Gasteiger partial charge in [0.25, 0.3) is 0 Å². The Morgan fingerprint density at radius 1 is 1.25 bits per heavy atom. The van der Waals surface area contributed by atoms with Gasteiger partial charge in [-0.3, -0.25) is 0 Å². The number of carbonyl (C=O) groups is 1. The average molecular weight is 228 g/mol. The predicted octanol–water partition coefficient (Wildman–Crippen LogP) is 2.23. The third-order valence-corrected chi connectivity index (χ3v) is 1.71. The van der Waals surface area contributed by atoms with Crippen molar-refractivity contribution in [3.05, 3.63) is 35.4 Å². The topological polar surface area (TPSA) is 26.3 Å². The first-order valence-electron chi connectivity index (χ1n) is 4.20. The van der Waals surface area contributed by atoms with E-state index < -0.39 is 17.7 Å². The molecule has 0 aliphatic carbocycles. The van der Waals surface area contributed by atoms with Crippen LogP contribution in [0, 0.1) is 11.8 Å². The van der Waals surface area contributed by atoms with Gasteiger partial charge in [0, 0.05) is 11.5 Å². The molecule has 0 aliphatic heterocycles. The Morgan fingerprint density at radius 3 is 2.25 bits per heavy atom. The normalized spacial score (nSPS) is 10.2. The van der Waals surface area contributed by atoms with E-state index in [0.29, 0.717) is 5.56 Å². The number of carbonyl (C=O) groups excluding carboxylic acids is 1. The molecular weight excluding hydrogens is 221 g/mol. The van der Waals surface area contributed by atoms with Crippen molar-refractivity contribution in [1.29, 1.82) is 0 Å². The van der Waals surface area contributed by atoms with Crippen molar-refractivity contribution in [1.82, 2.24) is 0 Å². The fraction of sp³-hybridized carbons (Fsp3) is 0.182. The highest BCUT2D eigenvalue weighted by atomic mass is 19.4. The number of hydrogen-bond donors (Lipinski definition) is 0. The number of ether oxygens (including phenoxy) is 1. The lowest BCUT2D eigenvalue weighted by Gasteiger charge is -2.05. The molecule has 1 aromatic rings. The quantitative estimate of drug-likeness (QED) is 0.502. The Kier molecular flexibility index (Phi) is 3.56. The van der Waals surface area contributed by atoms with Gasteiger partial charge in [0.1, 0.15) is 0 Å². The summed E-state index contributed by atoms with van der Waals surface area (Å²) < 4.78 is 40.8. The number of benzene rings is 1. The molecule has 0 N–H and O–H groups in total. The zero-order valence-corrected chi connectivity index (χ0v) is 8.26. The molecule has 0 aromatic heterocycles. The van der Waals surface area contributed by atoms with E-state index in [4.69, 9.17) is 0 Å². The summed E-state index contributed by atoms with van der Waals surface area (Å²) in [5.74, 6) is 3.76.